The summed E-state index contributed by atoms with van der Waals surface area (Å²) in [6.45, 7) is 1.86. The highest BCUT2D eigenvalue weighted by atomic mass is 35.5. The van der Waals surface area contributed by atoms with Gasteiger partial charge >= 0.3 is 0 Å². The standard InChI is InChI=1S/C18H22ClN3O3S/c1-18(23)6-3-12(4-7-18)22-16-10-17(19)21-11-14(16)15-9-13(5-8-20-15)26(2,24)25/h5,8-12,23H,3-4,6-7H2,1-2H3,(H,21,22). The van der Waals surface area contributed by atoms with Gasteiger partial charge in [0.05, 0.1) is 16.2 Å². The van der Waals surface area contributed by atoms with E-state index < -0.39 is 15.4 Å². The molecule has 3 rings (SSSR count). The van der Waals surface area contributed by atoms with Gasteiger partial charge in [0, 0.05) is 35.9 Å². The third-order valence-electron chi connectivity index (χ3n) is 4.73. The lowest BCUT2D eigenvalue weighted by atomic mass is 9.83. The van der Waals surface area contributed by atoms with Crippen LogP contribution >= 0.6 is 11.6 Å². The Labute approximate surface area is 158 Å². The number of anilines is 1. The lowest BCUT2D eigenvalue weighted by Crippen LogP contribution is -2.35. The summed E-state index contributed by atoms with van der Waals surface area (Å²) in [7, 11) is -3.33. The van der Waals surface area contributed by atoms with Crippen LogP contribution in [-0.2, 0) is 9.84 Å². The number of hydrogen-bond acceptors (Lipinski definition) is 6. The van der Waals surface area contributed by atoms with Gasteiger partial charge in [0.25, 0.3) is 0 Å². The first-order valence-corrected chi connectivity index (χ1v) is 10.7. The maximum absolute atomic E-state index is 11.8. The van der Waals surface area contributed by atoms with Gasteiger partial charge in [-0.1, -0.05) is 11.6 Å². The van der Waals surface area contributed by atoms with Gasteiger partial charge in [-0.25, -0.2) is 13.4 Å². The van der Waals surface area contributed by atoms with Crippen LogP contribution in [0, 0.1) is 0 Å². The predicted octanol–water partition coefficient (Wildman–Crippen LogP) is 3.31. The number of nitrogens with one attached hydrogen (secondary N) is 1. The van der Waals surface area contributed by atoms with E-state index in [0.717, 1.165) is 31.4 Å². The van der Waals surface area contributed by atoms with E-state index in [1.165, 1.54) is 24.6 Å². The molecule has 0 radical (unpaired) electrons. The van der Waals surface area contributed by atoms with Gasteiger partial charge in [0.1, 0.15) is 5.15 Å². The van der Waals surface area contributed by atoms with Crippen LogP contribution in [0.15, 0.2) is 35.5 Å². The molecule has 2 heterocycles. The summed E-state index contributed by atoms with van der Waals surface area (Å²) in [6, 6.07) is 4.93. The molecule has 0 amide bonds. The molecule has 2 aromatic heterocycles. The Hall–Kier alpha value is -1.70. The van der Waals surface area contributed by atoms with Gasteiger partial charge in [-0.2, -0.15) is 0 Å². The third kappa shape index (κ3) is 4.52. The molecule has 0 bridgehead atoms. The Morgan fingerprint density at radius 2 is 1.96 bits per heavy atom. The molecule has 0 unspecified atom stereocenters. The van der Waals surface area contributed by atoms with Crippen molar-refractivity contribution in [1.82, 2.24) is 9.97 Å². The van der Waals surface area contributed by atoms with E-state index in [1.54, 1.807) is 12.3 Å². The molecule has 1 fully saturated rings. The van der Waals surface area contributed by atoms with Crippen molar-refractivity contribution in [3.63, 3.8) is 0 Å². The van der Waals surface area contributed by atoms with Crippen molar-refractivity contribution in [2.75, 3.05) is 11.6 Å². The van der Waals surface area contributed by atoms with E-state index in [1.807, 2.05) is 6.92 Å². The quantitative estimate of drug-likeness (QED) is 0.771. The Morgan fingerprint density at radius 1 is 1.27 bits per heavy atom. The fraction of sp³-hybridized carbons (Fsp3) is 0.444. The van der Waals surface area contributed by atoms with E-state index in [-0.39, 0.29) is 10.9 Å². The van der Waals surface area contributed by atoms with Crippen LogP contribution < -0.4 is 5.32 Å². The maximum Gasteiger partial charge on any atom is 0.175 e. The van der Waals surface area contributed by atoms with Crippen LogP contribution in [-0.4, -0.2) is 41.4 Å². The topological polar surface area (TPSA) is 92.2 Å². The Kier molecular flexibility index (Phi) is 5.23. The predicted molar refractivity (Wildman–Crippen MR) is 102 cm³/mol. The molecule has 0 spiro atoms. The van der Waals surface area contributed by atoms with Crippen molar-refractivity contribution in [3.8, 4) is 11.3 Å². The summed E-state index contributed by atoms with van der Waals surface area (Å²) in [4.78, 5) is 8.63. The van der Waals surface area contributed by atoms with Crippen molar-refractivity contribution >= 4 is 27.1 Å². The largest absolute Gasteiger partial charge is 0.390 e. The molecule has 0 atom stereocenters. The first-order chi connectivity index (χ1) is 12.1. The van der Waals surface area contributed by atoms with Crippen molar-refractivity contribution in [3.05, 3.63) is 35.7 Å². The van der Waals surface area contributed by atoms with E-state index in [4.69, 9.17) is 11.6 Å². The molecule has 6 nitrogen and oxygen atoms in total. The summed E-state index contributed by atoms with van der Waals surface area (Å²) in [5, 5.41) is 13.9. The fourth-order valence-electron chi connectivity index (χ4n) is 3.15. The van der Waals surface area contributed by atoms with Gasteiger partial charge in [-0.3, -0.25) is 4.98 Å². The van der Waals surface area contributed by atoms with Crippen molar-refractivity contribution in [2.24, 2.45) is 0 Å². The highest BCUT2D eigenvalue weighted by Crippen LogP contribution is 2.33. The highest BCUT2D eigenvalue weighted by Gasteiger charge is 2.29. The van der Waals surface area contributed by atoms with Gasteiger partial charge in [-0.15, -0.1) is 0 Å². The average molecular weight is 396 g/mol. The Bertz CT molecular complexity index is 906. The summed E-state index contributed by atoms with van der Waals surface area (Å²) in [5.41, 5.74) is 1.36. The maximum atomic E-state index is 11.8. The number of aromatic nitrogens is 2. The molecule has 2 aromatic rings. The average Bonchev–Trinajstić information content (AvgIpc) is 2.56. The number of rotatable bonds is 4. The second-order valence-corrected chi connectivity index (χ2v) is 9.52. The summed E-state index contributed by atoms with van der Waals surface area (Å²) >= 11 is 6.06. The van der Waals surface area contributed by atoms with Crippen LogP contribution in [0.5, 0.6) is 0 Å². The summed E-state index contributed by atoms with van der Waals surface area (Å²) in [6.07, 6.45) is 7.35. The van der Waals surface area contributed by atoms with Crippen LogP contribution in [0.2, 0.25) is 5.15 Å². The fourth-order valence-corrected chi connectivity index (χ4v) is 3.94. The molecule has 1 aliphatic carbocycles. The first kappa shape index (κ1) is 19.1. The van der Waals surface area contributed by atoms with Gasteiger partial charge in [0.2, 0.25) is 0 Å². The van der Waals surface area contributed by atoms with Crippen LogP contribution in [0.1, 0.15) is 32.6 Å². The van der Waals surface area contributed by atoms with Gasteiger partial charge < -0.3 is 10.4 Å². The monoisotopic (exact) mass is 395 g/mol. The summed E-state index contributed by atoms with van der Waals surface area (Å²) in [5.74, 6) is 0. The SMILES string of the molecule is CC1(O)CCC(Nc2cc(Cl)ncc2-c2cc(S(C)(=O)=O)ccn2)CC1. The molecule has 1 aliphatic rings. The second-order valence-electron chi connectivity index (χ2n) is 7.12. The van der Waals surface area contributed by atoms with Crippen molar-refractivity contribution in [2.45, 2.75) is 49.1 Å². The third-order valence-corrected chi connectivity index (χ3v) is 6.05. The van der Waals surface area contributed by atoms with Crippen LogP contribution in [0.25, 0.3) is 11.3 Å². The normalized spacial score (nSPS) is 23.6. The zero-order valence-electron chi connectivity index (χ0n) is 14.7. The zero-order chi connectivity index (χ0) is 18.9. The Balaban J connectivity index is 1.92. The second kappa shape index (κ2) is 7.13. The molecule has 140 valence electrons. The number of pyridine rings is 2. The minimum absolute atomic E-state index is 0.200. The van der Waals surface area contributed by atoms with E-state index in [0.29, 0.717) is 16.4 Å². The van der Waals surface area contributed by atoms with Crippen molar-refractivity contribution in [1.29, 1.82) is 0 Å². The van der Waals surface area contributed by atoms with Gasteiger partial charge in [-0.05, 0) is 50.8 Å². The number of halogens is 1. The lowest BCUT2D eigenvalue weighted by molar-refractivity contribution is 0.0196. The molecular weight excluding hydrogens is 374 g/mol. The number of hydrogen-bond donors (Lipinski definition) is 2. The van der Waals surface area contributed by atoms with E-state index >= 15 is 0 Å². The number of sulfone groups is 1. The summed E-state index contributed by atoms with van der Waals surface area (Å²) < 4.78 is 23.7. The first-order valence-electron chi connectivity index (χ1n) is 8.45. The molecule has 1 saturated carbocycles. The highest BCUT2D eigenvalue weighted by molar-refractivity contribution is 7.90. The minimum atomic E-state index is -3.33. The molecule has 26 heavy (non-hydrogen) atoms. The molecule has 2 N–H and O–H groups in total. The molecule has 0 aromatic carbocycles. The van der Waals surface area contributed by atoms with Crippen LogP contribution in [0.4, 0.5) is 5.69 Å². The number of nitrogens with zero attached hydrogens (tertiary/aromatic N) is 2. The molecule has 0 saturated heterocycles. The Morgan fingerprint density at radius 3 is 2.62 bits per heavy atom. The van der Waals surface area contributed by atoms with Crippen molar-refractivity contribution < 1.29 is 13.5 Å². The minimum Gasteiger partial charge on any atom is -0.390 e. The lowest BCUT2D eigenvalue weighted by Gasteiger charge is -2.34. The molecule has 8 heteroatoms. The van der Waals surface area contributed by atoms with Gasteiger partial charge in [0.15, 0.2) is 9.84 Å². The van der Waals surface area contributed by atoms with Crippen LogP contribution in [0.3, 0.4) is 0 Å². The van der Waals surface area contributed by atoms with E-state index in [2.05, 4.69) is 15.3 Å². The van der Waals surface area contributed by atoms with E-state index in [9.17, 15) is 13.5 Å². The molecule has 0 aliphatic heterocycles. The smallest absolute Gasteiger partial charge is 0.175 e. The molecular formula is C18H22ClN3O3S. The number of aliphatic hydroxyl groups is 1. The zero-order valence-corrected chi connectivity index (χ0v) is 16.3.